The number of halogens is 1. The number of hydrogen-bond acceptors (Lipinski definition) is 4. The van der Waals surface area contributed by atoms with Gasteiger partial charge in [-0.15, -0.1) is 0 Å². The van der Waals surface area contributed by atoms with Gasteiger partial charge in [-0.3, -0.25) is 14.9 Å². The molecule has 1 aromatic carbocycles. The maximum Gasteiger partial charge on any atom is 0.282 e. The summed E-state index contributed by atoms with van der Waals surface area (Å²) in [5.41, 5.74) is -0.622. The van der Waals surface area contributed by atoms with Crippen molar-refractivity contribution in [2.75, 3.05) is 20.2 Å². The summed E-state index contributed by atoms with van der Waals surface area (Å²) >= 11 is 5.87. The zero-order valence-electron chi connectivity index (χ0n) is 12.0. The fourth-order valence-corrected chi connectivity index (χ4v) is 2.73. The summed E-state index contributed by atoms with van der Waals surface area (Å²) in [6.45, 7) is 2.90. The fraction of sp³-hybridized carbons (Fsp3) is 0.500. The number of methoxy groups -OCH3 is 1. The Hall–Kier alpha value is -1.66. The third-order valence-electron chi connectivity index (χ3n) is 3.82. The van der Waals surface area contributed by atoms with E-state index in [1.807, 2.05) is 6.92 Å². The number of piperidine rings is 1. The lowest BCUT2D eigenvalue weighted by Crippen LogP contribution is -2.49. The summed E-state index contributed by atoms with van der Waals surface area (Å²) in [4.78, 5) is 24.7. The van der Waals surface area contributed by atoms with Gasteiger partial charge < -0.3 is 9.64 Å². The number of benzene rings is 1. The molecule has 0 radical (unpaired) electrons. The van der Waals surface area contributed by atoms with E-state index < -0.39 is 10.5 Å². The normalized spacial score (nSPS) is 22.1. The van der Waals surface area contributed by atoms with Gasteiger partial charge in [0.1, 0.15) is 5.56 Å². The molecule has 0 aliphatic carbocycles. The van der Waals surface area contributed by atoms with Crippen LogP contribution in [0.2, 0.25) is 5.02 Å². The van der Waals surface area contributed by atoms with Crippen LogP contribution in [0.5, 0.6) is 0 Å². The Kier molecular flexibility index (Phi) is 4.49. The lowest BCUT2D eigenvalue weighted by Gasteiger charge is -2.39. The zero-order valence-corrected chi connectivity index (χ0v) is 12.7. The molecule has 6 nitrogen and oxygen atoms in total. The maximum atomic E-state index is 12.6. The molecule has 0 spiro atoms. The molecule has 0 bridgehead atoms. The van der Waals surface area contributed by atoms with Crippen LogP contribution in [-0.4, -0.2) is 41.5 Å². The Morgan fingerprint density at radius 3 is 2.86 bits per heavy atom. The number of likely N-dealkylation sites (tertiary alicyclic amines) is 1. The van der Waals surface area contributed by atoms with Gasteiger partial charge in [0.05, 0.1) is 10.5 Å². The van der Waals surface area contributed by atoms with Crippen molar-refractivity contribution in [3.63, 3.8) is 0 Å². The Morgan fingerprint density at radius 1 is 1.52 bits per heavy atom. The average Bonchev–Trinajstić information content (AvgIpc) is 2.46. The van der Waals surface area contributed by atoms with Crippen LogP contribution in [0.25, 0.3) is 0 Å². The van der Waals surface area contributed by atoms with Gasteiger partial charge in [0.2, 0.25) is 0 Å². The van der Waals surface area contributed by atoms with E-state index >= 15 is 0 Å². The first-order chi connectivity index (χ1) is 9.86. The molecule has 1 aliphatic heterocycles. The first-order valence-corrected chi connectivity index (χ1v) is 7.02. The van der Waals surface area contributed by atoms with Crippen molar-refractivity contribution in [3.05, 3.63) is 38.9 Å². The molecule has 1 unspecified atom stereocenters. The molecule has 1 heterocycles. The van der Waals surface area contributed by atoms with Gasteiger partial charge in [-0.05, 0) is 31.9 Å². The van der Waals surface area contributed by atoms with E-state index in [0.29, 0.717) is 18.1 Å². The number of carbonyl (C=O) groups is 1. The van der Waals surface area contributed by atoms with Crippen molar-refractivity contribution < 1.29 is 14.5 Å². The minimum absolute atomic E-state index is 0.0212. The molecular weight excluding hydrogens is 296 g/mol. The molecule has 1 fully saturated rings. The summed E-state index contributed by atoms with van der Waals surface area (Å²) in [7, 11) is 1.61. The molecule has 21 heavy (non-hydrogen) atoms. The molecule has 1 aromatic rings. The Morgan fingerprint density at radius 2 is 2.24 bits per heavy atom. The van der Waals surface area contributed by atoms with Crippen molar-refractivity contribution in [2.45, 2.75) is 25.4 Å². The number of hydrogen-bond donors (Lipinski definition) is 0. The lowest BCUT2D eigenvalue weighted by atomic mass is 9.94. The van der Waals surface area contributed by atoms with Gasteiger partial charge in [-0.25, -0.2) is 0 Å². The van der Waals surface area contributed by atoms with Crippen LogP contribution in [0.1, 0.15) is 30.1 Å². The summed E-state index contributed by atoms with van der Waals surface area (Å²) in [5.74, 6) is -0.382. The molecule has 1 atom stereocenters. The van der Waals surface area contributed by atoms with Crippen LogP contribution in [0, 0.1) is 10.1 Å². The number of nitro benzene ring substituents is 1. The highest BCUT2D eigenvalue weighted by atomic mass is 35.5. The van der Waals surface area contributed by atoms with Crippen LogP contribution < -0.4 is 0 Å². The molecule has 1 saturated heterocycles. The molecule has 0 N–H and O–H groups in total. The van der Waals surface area contributed by atoms with Crippen LogP contribution in [-0.2, 0) is 4.74 Å². The molecular formula is C14H17ClN2O4. The van der Waals surface area contributed by atoms with Crippen LogP contribution in [0.3, 0.4) is 0 Å². The first-order valence-electron chi connectivity index (χ1n) is 6.65. The highest BCUT2D eigenvalue weighted by Crippen LogP contribution is 2.28. The predicted molar refractivity (Wildman–Crippen MR) is 78.7 cm³/mol. The molecule has 0 aromatic heterocycles. The molecule has 114 valence electrons. The highest BCUT2D eigenvalue weighted by Gasteiger charge is 2.35. The van der Waals surface area contributed by atoms with E-state index in [-0.39, 0.29) is 17.2 Å². The minimum Gasteiger partial charge on any atom is -0.377 e. The Balaban J connectivity index is 2.32. The maximum absolute atomic E-state index is 12.6. The van der Waals surface area contributed by atoms with E-state index in [1.165, 1.54) is 18.2 Å². The van der Waals surface area contributed by atoms with E-state index in [4.69, 9.17) is 16.3 Å². The fourth-order valence-electron chi connectivity index (χ4n) is 2.55. The molecule has 2 rings (SSSR count). The van der Waals surface area contributed by atoms with Crippen molar-refractivity contribution in [2.24, 2.45) is 0 Å². The second-order valence-electron chi connectivity index (χ2n) is 5.40. The number of amides is 1. The summed E-state index contributed by atoms with van der Waals surface area (Å²) in [6.07, 6.45) is 1.65. The predicted octanol–water partition coefficient (Wildman–Crippen LogP) is 2.89. The summed E-state index contributed by atoms with van der Waals surface area (Å²) < 4.78 is 5.44. The van der Waals surface area contributed by atoms with Gasteiger partial charge in [0.15, 0.2) is 0 Å². The number of nitro groups is 1. The number of ether oxygens (including phenoxy) is 1. The smallest absolute Gasteiger partial charge is 0.282 e. The first kappa shape index (κ1) is 15.7. The van der Waals surface area contributed by atoms with E-state index in [2.05, 4.69) is 0 Å². The lowest BCUT2D eigenvalue weighted by molar-refractivity contribution is -0.385. The SMILES string of the molecule is COC1(C)CCCN(C(=O)c2cc(Cl)ccc2[N+](=O)[O-])C1. The Bertz CT molecular complexity index is 578. The third kappa shape index (κ3) is 3.33. The third-order valence-corrected chi connectivity index (χ3v) is 4.06. The monoisotopic (exact) mass is 312 g/mol. The molecule has 1 aliphatic rings. The van der Waals surface area contributed by atoms with Crippen LogP contribution in [0.15, 0.2) is 18.2 Å². The second kappa shape index (κ2) is 5.99. The number of carbonyl (C=O) groups excluding carboxylic acids is 1. The summed E-state index contributed by atoms with van der Waals surface area (Å²) in [5, 5.41) is 11.4. The highest BCUT2D eigenvalue weighted by molar-refractivity contribution is 6.31. The van der Waals surface area contributed by atoms with E-state index in [1.54, 1.807) is 12.0 Å². The molecule has 7 heteroatoms. The second-order valence-corrected chi connectivity index (χ2v) is 5.84. The quantitative estimate of drug-likeness (QED) is 0.635. The van der Waals surface area contributed by atoms with Gasteiger partial charge in [-0.2, -0.15) is 0 Å². The van der Waals surface area contributed by atoms with E-state index in [9.17, 15) is 14.9 Å². The zero-order chi connectivity index (χ0) is 15.6. The van der Waals surface area contributed by atoms with Crippen molar-refractivity contribution >= 4 is 23.2 Å². The van der Waals surface area contributed by atoms with Crippen molar-refractivity contribution in [1.29, 1.82) is 0 Å². The topological polar surface area (TPSA) is 72.7 Å². The molecule has 0 saturated carbocycles. The molecule has 1 amide bonds. The largest absolute Gasteiger partial charge is 0.377 e. The van der Waals surface area contributed by atoms with Gasteiger partial charge in [0, 0.05) is 31.3 Å². The van der Waals surface area contributed by atoms with Gasteiger partial charge in [0.25, 0.3) is 11.6 Å². The standard InChI is InChI=1S/C14H17ClN2O4/c1-14(21-2)6-3-7-16(9-14)13(18)11-8-10(15)4-5-12(11)17(19)20/h4-5,8H,3,6-7,9H2,1-2H3. The van der Waals surface area contributed by atoms with Gasteiger partial charge >= 0.3 is 0 Å². The van der Waals surface area contributed by atoms with Gasteiger partial charge in [-0.1, -0.05) is 11.6 Å². The Labute approximate surface area is 127 Å². The van der Waals surface area contributed by atoms with Crippen LogP contribution in [0.4, 0.5) is 5.69 Å². The number of nitrogens with zero attached hydrogens (tertiary/aromatic N) is 2. The summed E-state index contributed by atoms with van der Waals surface area (Å²) in [6, 6.07) is 4.02. The average molecular weight is 313 g/mol. The minimum atomic E-state index is -0.566. The van der Waals surface area contributed by atoms with E-state index in [0.717, 1.165) is 12.8 Å². The van der Waals surface area contributed by atoms with Crippen molar-refractivity contribution in [3.8, 4) is 0 Å². The number of rotatable bonds is 3. The van der Waals surface area contributed by atoms with Crippen LogP contribution >= 0.6 is 11.6 Å². The van der Waals surface area contributed by atoms with Crippen molar-refractivity contribution in [1.82, 2.24) is 4.90 Å².